The molecule has 1 aliphatic rings. The van der Waals surface area contributed by atoms with Crippen molar-refractivity contribution in [3.8, 4) is 0 Å². The first-order valence-corrected chi connectivity index (χ1v) is 5.37. The zero-order valence-corrected chi connectivity index (χ0v) is 8.52. The summed E-state index contributed by atoms with van der Waals surface area (Å²) < 4.78 is 0. The minimum Gasteiger partial charge on any atom is -0.337 e. The molecule has 0 N–H and O–H groups in total. The fourth-order valence-electron chi connectivity index (χ4n) is 1.55. The van der Waals surface area contributed by atoms with E-state index in [1.807, 2.05) is 25.4 Å². The molecule has 3 heteroatoms. The third-order valence-electron chi connectivity index (χ3n) is 2.30. The fourth-order valence-corrected chi connectivity index (χ4v) is 1.99. The van der Waals surface area contributed by atoms with Crippen LogP contribution >= 0.6 is 11.8 Å². The smallest absolute Gasteiger partial charge is 0.254 e. The van der Waals surface area contributed by atoms with Gasteiger partial charge in [0.1, 0.15) is 0 Å². The number of benzene rings is 1. The second kappa shape index (κ2) is 3.07. The van der Waals surface area contributed by atoms with Gasteiger partial charge in [-0.2, -0.15) is 0 Å². The van der Waals surface area contributed by atoms with Crippen LogP contribution in [0.5, 0.6) is 0 Å². The maximum atomic E-state index is 11.6. The Labute approximate surface area is 81.9 Å². The molecular weight excluding hydrogens is 182 g/mol. The number of fused-ring (bicyclic) bond motifs is 1. The topological polar surface area (TPSA) is 20.3 Å². The highest BCUT2D eigenvalue weighted by Crippen LogP contribution is 2.25. The van der Waals surface area contributed by atoms with E-state index in [9.17, 15) is 4.79 Å². The number of amides is 1. The van der Waals surface area contributed by atoms with Gasteiger partial charge in [-0.1, -0.05) is 6.07 Å². The molecule has 0 radical (unpaired) electrons. The van der Waals surface area contributed by atoms with Crippen molar-refractivity contribution in [3.05, 3.63) is 29.3 Å². The van der Waals surface area contributed by atoms with Gasteiger partial charge in [0.15, 0.2) is 0 Å². The summed E-state index contributed by atoms with van der Waals surface area (Å²) in [5.41, 5.74) is 2.01. The molecule has 0 spiro atoms. The first-order chi connectivity index (χ1) is 6.22. The first-order valence-electron chi connectivity index (χ1n) is 4.15. The number of rotatable bonds is 1. The minimum absolute atomic E-state index is 0.144. The van der Waals surface area contributed by atoms with Crippen molar-refractivity contribution in [2.24, 2.45) is 0 Å². The SMILES string of the molecule is CSc1ccc2c(c1)C(=O)N(C)C2. The van der Waals surface area contributed by atoms with Crippen LogP contribution in [0.1, 0.15) is 15.9 Å². The molecule has 0 aromatic heterocycles. The summed E-state index contributed by atoms with van der Waals surface area (Å²) in [7, 11) is 1.83. The second-order valence-electron chi connectivity index (χ2n) is 3.18. The van der Waals surface area contributed by atoms with Crippen molar-refractivity contribution in [1.29, 1.82) is 0 Å². The van der Waals surface area contributed by atoms with Crippen LogP contribution in [0.15, 0.2) is 23.1 Å². The van der Waals surface area contributed by atoms with Gasteiger partial charge in [0.2, 0.25) is 0 Å². The number of nitrogens with zero attached hydrogens (tertiary/aromatic N) is 1. The van der Waals surface area contributed by atoms with Crippen molar-refractivity contribution in [1.82, 2.24) is 4.90 Å². The summed E-state index contributed by atoms with van der Waals surface area (Å²) in [5.74, 6) is 0.144. The predicted octanol–water partition coefficient (Wildman–Crippen LogP) is 1.99. The molecule has 0 saturated carbocycles. The monoisotopic (exact) mass is 193 g/mol. The Balaban J connectivity index is 2.48. The Hall–Kier alpha value is -0.960. The molecule has 1 heterocycles. The second-order valence-corrected chi connectivity index (χ2v) is 4.06. The normalized spacial score (nSPS) is 14.9. The number of hydrogen-bond acceptors (Lipinski definition) is 2. The van der Waals surface area contributed by atoms with E-state index in [4.69, 9.17) is 0 Å². The fraction of sp³-hybridized carbons (Fsp3) is 0.300. The lowest BCUT2D eigenvalue weighted by molar-refractivity contribution is 0.0816. The first kappa shape index (κ1) is 8.63. The molecule has 13 heavy (non-hydrogen) atoms. The Morgan fingerprint density at radius 1 is 1.46 bits per heavy atom. The summed E-state index contributed by atoms with van der Waals surface area (Å²) in [4.78, 5) is 14.5. The Morgan fingerprint density at radius 2 is 2.23 bits per heavy atom. The number of carbonyl (C=O) groups is 1. The number of thioether (sulfide) groups is 1. The molecule has 2 rings (SSSR count). The zero-order valence-electron chi connectivity index (χ0n) is 7.70. The maximum absolute atomic E-state index is 11.6. The van der Waals surface area contributed by atoms with Crippen LogP contribution < -0.4 is 0 Å². The van der Waals surface area contributed by atoms with Gasteiger partial charge in [-0.05, 0) is 24.0 Å². The van der Waals surface area contributed by atoms with Gasteiger partial charge in [-0.3, -0.25) is 4.79 Å². The minimum atomic E-state index is 0.144. The summed E-state index contributed by atoms with van der Waals surface area (Å²) in [6, 6.07) is 6.09. The Bertz CT molecular complexity index is 362. The number of carbonyl (C=O) groups excluding carboxylic acids is 1. The zero-order chi connectivity index (χ0) is 9.42. The molecule has 0 fully saturated rings. The highest BCUT2D eigenvalue weighted by Gasteiger charge is 2.23. The highest BCUT2D eigenvalue weighted by molar-refractivity contribution is 7.98. The third kappa shape index (κ3) is 1.33. The van der Waals surface area contributed by atoms with Gasteiger partial charge in [0.25, 0.3) is 5.91 Å². The summed E-state index contributed by atoms with van der Waals surface area (Å²) in [5, 5.41) is 0. The van der Waals surface area contributed by atoms with E-state index in [1.54, 1.807) is 16.7 Å². The van der Waals surface area contributed by atoms with Crippen molar-refractivity contribution in [3.63, 3.8) is 0 Å². The predicted molar refractivity (Wildman–Crippen MR) is 54.0 cm³/mol. The van der Waals surface area contributed by atoms with Crippen molar-refractivity contribution in [2.75, 3.05) is 13.3 Å². The molecule has 0 aliphatic carbocycles. The lowest BCUT2D eigenvalue weighted by Gasteiger charge is -2.04. The van der Waals surface area contributed by atoms with Crippen LogP contribution in [0.3, 0.4) is 0 Å². The molecule has 68 valence electrons. The molecule has 1 aliphatic heterocycles. The van der Waals surface area contributed by atoms with Crippen LogP contribution in [0.4, 0.5) is 0 Å². The Morgan fingerprint density at radius 3 is 2.92 bits per heavy atom. The van der Waals surface area contributed by atoms with Crippen molar-refractivity contribution in [2.45, 2.75) is 11.4 Å². The molecular formula is C10H11NOS. The van der Waals surface area contributed by atoms with E-state index >= 15 is 0 Å². The molecule has 1 aromatic rings. The van der Waals surface area contributed by atoms with Gasteiger partial charge in [-0.25, -0.2) is 0 Å². The van der Waals surface area contributed by atoms with Crippen molar-refractivity contribution < 1.29 is 4.79 Å². The molecule has 0 saturated heterocycles. The van der Waals surface area contributed by atoms with E-state index in [-0.39, 0.29) is 5.91 Å². The van der Waals surface area contributed by atoms with Gasteiger partial charge >= 0.3 is 0 Å². The third-order valence-corrected chi connectivity index (χ3v) is 3.03. The van der Waals surface area contributed by atoms with Crippen LogP contribution in [-0.4, -0.2) is 24.1 Å². The van der Waals surface area contributed by atoms with E-state index in [0.29, 0.717) is 0 Å². The van der Waals surface area contributed by atoms with E-state index in [2.05, 4.69) is 6.07 Å². The molecule has 2 nitrogen and oxygen atoms in total. The van der Waals surface area contributed by atoms with E-state index in [1.165, 1.54) is 0 Å². The summed E-state index contributed by atoms with van der Waals surface area (Å²) in [6.45, 7) is 0.753. The molecule has 1 amide bonds. The molecule has 0 atom stereocenters. The van der Waals surface area contributed by atoms with Crippen molar-refractivity contribution >= 4 is 17.7 Å². The van der Waals surface area contributed by atoms with Crippen LogP contribution in [0.25, 0.3) is 0 Å². The molecule has 0 unspecified atom stereocenters. The highest BCUT2D eigenvalue weighted by atomic mass is 32.2. The lowest BCUT2D eigenvalue weighted by atomic mass is 10.1. The quantitative estimate of drug-likeness (QED) is 0.636. The summed E-state index contributed by atoms with van der Waals surface area (Å²) in [6.07, 6.45) is 2.02. The molecule has 0 bridgehead atoms. The van der Waals surface area contributed by atoms with E-state index < -0.39 is 0 Å². The van der Waals surface area contributed by atoms with Crippen LogP contribution in [0, 0.1) is 0 Å². The average Bonchev–Trinajstić information content (AvgIpc) is 2.43. The van der Waals surface area contributed by atoms with Gasteiger partial charge in [0.05, 0.1) is 0 Å². The van der Waals surface area contributed by atoms with Gasteiger partial charge < -0.3 is 4.90 Å². The maximum Gasteiger partial charge on any atom is 0.254 e. The average molecular weight is 193 g/mol. The lowest BCUT2D eigenvalue weighted by Crippen LogP contribution is -2.17. The standard InChI is InChI=1S/C10H11NOS/c1-11-6-7-3-4-8(13-2)5-9(7)10(11)12/h3-5H,6H2,1-2H3. The van der Waals surface area contributed by atoms with Gasteiger partial charge in [-0.15, -0.1) is 11.8 Å². The Kier molecular flexibility index (Phi) is 2.04. The summed E-state index contributed by atoms with van der Waals surface area (Å²) >= 11 is 1.67. The van der Waals surface area contributed by atoms with Gasteiger partial charge in [0, 0.05) is 24.1 Å². The largest absolute Gasteiger partial charge is 0.337 e. The molecule has 1 aromatic carbocycles. The van der Waals surface area contributed by atoms with E-state index in [0.717, 1.165) is 22.6 Å². The number of hydrogen-bond donors (Lipinski definition) is 0. The van der Waals surface area contributed by atoms with Crippen LogP contribution in [-0.2, 0) is 6.54 Å². The van der Waals surface area contributed by atoms with Crippen LogP contribution in [0.2, 0.25) is 0 Å².